The third kappa shape index (κ3) is 6.18. The highest BCUT2D eigenvalue weighted by Gasteiger charge is 2.30. The molecule has 1 N–H and O–H groups in total. The minimum atomic E-state index is -4.39. The molecule has 4 nitrogen and oxygen atoms in total. The Hall–Kier alpha value is -3.13. The van der Waals surface area contributed by atoms with Gasteiger partial charge in [-0.1, -0.05) is 18.2 Å². The molecule has 31 heavy (non-hydrogen) atoms. The fourth-order valence-corrected chi connectivity index (χ4v) is 3.73. The molecule has 2 aromatic carbocycles. The van der Waals surface area contributed by atoms with Gasteiger partial charge in [-0.2, -0.15) is 13.2 Å². The van der Waals surface area contributed by atoms with Crippen molar-refractivity contribution < 1.29 is 32.2 Å². The molecule has 3 rings (SSSR count). The lowest BCUT2D eigenvalue weighted by Gasteiger charge is -2.10. The third-order valence-corrected chi connectivity index (χ3v) is 5.27. The topological polar surface area (TPSA) is 59.7 Å². The van der Waals surface area contributed by atoms with Crippen LogP contribution in [0.3, 0.4) is 0 Å². The van der Waals surface area contributed by atoms with E-state index in [-0.39, 0.29) is 0 Å². The van der Waals surface area contributed by atoms with Crippen molar-refractivity contribution in [3.05, 3.63) is 89.4 Å². The predicted octanol–water partition coefficient (Wildman–Crippen LogP) is 6.29. The Morgan fingerprint density at radius 2 is 1.90 bits per heavy atom. The highest BCUT2D eigenvalue weighted by Crippen LogP contribution is 2.32. The van der Waals surface area contributed by atoms with E-state index in [1.54, 1.807) is 18.2 Å². The van der Waals surface area contributed by atoms with Crippen molar-refractivity contribution in [3.8, 4) is 5.75 Å². The number of hydrogen-bond acceptors (Lipinski definition) is 4. The number of carbonyl (C=O) groups is 1. The largest absolute Gasteiger partial charge is 0.482 e. The molecule has 3 aromatic rings. The first kappa shape index (κ1) is 22.6. The van der Waals surface area contributed by atoms with Gasteiger partial charge in [0.2, 0.25) is 0 Å². The van der Waals surface area contributed by atoms with Crippen LogP contribution in [-0.4, -0.2) is 23.4 Å². The summed E-state index contributed by atoms with van der Waals surface area (Å²) in [5, 5.41) is 8.72. The van der Waals surface area contributed by atoms with Crippen LogP contribution in [0.15, 0.2) is 76.2 Å². The van der Waals surface area contributed by atoms with Crippen LogP contribution in [0.25, 0.3) is 5.57 Å². The Morgan fingerprint density at radius 1 is 1.16 bits per heavy atom. The van der Waals surface area contributed by atoms with E-state index in [1.807, 2.05) is 25.1 Å². The molecular formula is C23H19F3O4S. The number of hydrogen-bond donors (Lipinski definition) is 1. The van der Waals surface area contributed by atoms with Crippen LogP contribution < -0.4 is 4.74 Å². The Bertz CT molecular complexity index is 1060. The molecular weight excluding hydrogens is 429 g/mol. The van der Waals surface area contributed by atoms with Gasteiger partial charge in [-0.05, 0) is 60.5 Å². The highest BCUT2D eigenvalue weighted by molar-refractivity contribution is 7.99. The maximum atomic E-state index is 12.9. The zero-order valence-corrected chi connectivity index (χ0v) is 17.3. The second-order valence-corrected chi connectivity index (χ2v) is 7.68. The van der Waals surface area contributed by atoms with E-state index in [0.717, 1.165) is 22.6 Å². The van der Waals surface area contributed by atoms with E-state index in [0.29, 0.717) is 28.4 Å². The lowest BCUT2D eigenvalue weighted by atomic mass is 10.0. The summed E-state index contributed by atoms with van der Waals surface area (Å²) in [7, 11) is 0. The van der Waals surface area contributed by atoms with E-state index in [2.05, 4.69) is 0 Å². The number of ether oxygens (including phenoxy) is 1. The quantitative estimate of drug-likeness (QED) is 0.410. The molecule has 0 spiro atoms. The van der Waals surface area contributed by atoms with Crippen LogP contribution in [0.5, 0.6) is 5.75 Å². The van der Waals surface area contributed by atoms with Crippen LogP contribution in [0.1, 0.15) is 22.5 Å². The summed E-state index contributed by atoms with van der Waals surface area (Å²) < 4.78 is 49.3. The number of thioether (sulfide) groups is 1. The van der Waals surface area contributed by atoms with Gasteiger partial charge in [0.25, 0.3) is 0 Å². The first-order chi connectivity index (χ1) is 14.7. The third-order valence-electron chi connectivity index (χ3n) is 4.34. The molecule has 0 aliphatic heterocycles. The van der Waals surface area contributed by atoms with Crippen molar-refractivity contribution in [2.24, 2.45) is 0 Å². The van der Waals surface area contributed by atoms with Gasteiger partial charge in [0.15, 0.2) is 6.61 Å². The molecule has 0 saturated carbocycles. The number of rotatable bonds is 8. The van der Waals surface area contributed by atoms with Gasteiger partial charge in [0.1, 0.15) is 11.5 Å². The molecule has 0 radical (unpaired) electrons. The molecule has 1 aromatic heterocycles. The molecule has 0 bridgehead atoms. The fraction of sp³-hybridized carbons (Fsp3) is 0.174. The maximum absolute atomic E-state index is 12.9. The number of furan rings is 1. The van der Waals surface area contributed by atoms with Gasteiger partial charge < -0.3 is 14.3 Å². The SMILES string of the molecule is Cc1cc(SCC=C(c2ccc(C(F)(F)F)cc2)c2ccco2)ccc1OCC(=O)O. The number of benzene rings is 2. The second kappa shape index (κ2) is 9.78. The molecule has 0 amide bonds. The normalized spacial score (nSPS) is 12.1. The summed E-state index contributed by atoms with van der Waals surface area (Å²) in [5.74, 6) is 0.570. The summed E-state index contributed by atoms with van der Waals surface area (Å²) in [6, 6.07) is 13.9. The van der Waals surface area contributed by atoms with Crippen LogP contribution in [0.4, 0.5) is 13.2 Å². The van der Waals surface area contributed by atoms with Gasteiger partial charge in [-0.25, -0.2) is 4.79 Å². The Morgan fingerprint density at radius 3 is 2.48 bits per heavy atom. The zero-order chi connectivity index (χ0) is 22.4. The van der Waals surface area contributed by atoms with Gasteiger partial charge in [-0.15, -0.1) is 11.8 Å². The first-order valence-corrected chi connectivity index (χ1v) is 10.2. The van der Waals surface area contributed by atoms with Gasteiger partial charge in [0.05, 0.1) is 11.8 Å². The van der Waals surface area contributed by atoms with Crippen molar-refractivity contribution in [3.63, 3.8) is 0 Å². The molecule has 162 valence electrons. The molecule has 0 aliphatic rings. The van der Waals surface area contributed by atoms with Crippen LogP contribution in [0, 0.1) is 6.92 Å². The molecule has 0 atom stereocenters. The smallest absolute Gasteiger partial charge is 0.416 e. The summed E-state index contributed by atoms with van der Waals surface area (Å²) in [6.07, 6.45) is -0.975. The van der Waals surface area contributed by atoms with Gasteiger partial charge in [0, 0.05) is 16.2 Å². The van der Waals surface area contributed by atoms with Crippen molar-refractivity contribution in [1.29, 1.82) is 0 Å². The summed E-state index contributed by atoms with van der Waals surface area (Å²) in [5.41, 5.74) is 1.43. The predicted molar refractivity (Wildman–Crippen MR) is 112 cm³/mol. The Balaban J connectivity index is 1.75. The van der Waals surface area contributed by atoms with Crippen molar-refractivity contribution in [2.75, 3.05) is 12.4 Å². The summed E-state index contributed by atoms with van der Waals surface area (Å²) in [4.78, 5) is 11.6. The van der Waals surface area contributed by atoms with Gasteiger partial charge >= 0.3 is 12.1 Å². The van der Waals surface area contributed by atoms with E-state index in [4.69, 9.17) is 14.3 Å². The Labute approximate surface area is 181 Å². The van der Waals surface area contributed by atoms with Crippen molar-refractivity contribution in [2.45, 2.75) is 18.0 Å². The highest BCUT2D eigenvalue weighted by atomic mass is 32.2. The molecule has 0 saturated heterocycles. The van der Waals surface area contributed by atoms with E-state index in [1.165, 1.54) is 30.2 Å². The average Bonchev–Trinajstić information content (AvgIpc) is 3.24. The van der Waals surface area contributed by atoms with Crippen molar-refractivity contribution in [1.82, 2.24) is 0 Å². The zero-order valence-electron chi connectivity index (χ0n) is 16.5. The number of aryl methyl sites for hydroxylation is 1. The molecule has 0 aliphatic carbocycles. The van der Waals surface area contributed by atoms with Crippen LogP contribution in [0.2, 0.25) is 0 Å². The maximum Gasteiger partial charge on any atom is 0.416 e. The number of alkyl halides is 3. The molecule has 0 unspecified atom stereocenters. The number of aliphatic carboxylic acids is 1. The number of carboxylic acid groups (broad SMARTS) is 1. The van der Waals surface area contributed by atoms with Crippen molar-refractivity contribution >= 4 is 23.3 Å². The van der Waals surface area contributed by atoms with E-state index >= 15 is 0 Å². The fourth-order valence-electron chi connectivity index (χ4n) is 2.87. The number of carboxylic acids is 1. The first-order valence-electron chi connectivity index (χ1n) is 9.24. The molecule has 1 heterocycles. The molecule has 8 heteroatoms. The van der Waals surface area contributed by atoms with E-state index < -0.39 is 24.3 Å². The van der Waals surface area contributed by atoms with Gasteiger partial charge in [-0.3, -0.25) is 0 Å². The minimum Gasteiger partial charge on any atom is -0.482 e. The lowest BCUT2D eigenvalue weighted by Crippen LogP contribution is -2.09. The van der Waals surface area contributed by atoms with Crippen LogP contribution in [-0.2, 0) is 11.0 Å². The van der Waals surface area contributed by atoms with E-state index in [9.17, 15) is 18.0 Å². The average molecular weight is 448 g/mol. The van der Waals surface area contributed by atoms with Crippen LogP contribution >= 0.6 is 11.8 Å². The monoisotopic (exact) mass is 448 g/mol. The second-order valence-electron chi connectivity index (χ2n) is 6.59. The summed E-state index contributed by atoms with van der Waals surface area (Å²) >= 11 is 1.53. The summed E-state index contributed by atoms with van der Waals surface area (Å²) in [6.45, 7) is 1.42. The molecule has 0 fully saturated rings. The Kier molecular flexibility index (Phi) is 7.12. The minimum absolute atomic E-state index is 0.407. The lowest BCUT2D eigenvalue weighted by molar-refractivity contribution is -0.139. The standard InChI is InChI=1S/C23H19F3O4S/c1-15-13-18(8-9-20(15)30-14-22(27)28)31-12-10-19(21-3-2-11-29-21)16-4-6-17(7-5-16)23(24,25)26/h2-11,13H,12,14H2,1H3,(H,27,28). The number of halogens is 3.